The van der Waals surface area contributed by atoms with Crippen molar-refractivity contribution in [3.05, 3.63) is 0 Å². The maximum atomic E-state index is 10.7. The van der Waals surface area contributed by atoms with Gasteiger partial charge < -0.3 is 24.5 Å². The topological polar surface area (TPSA) is 76.0 Å². The Morgan fingerprint density at radius 1 is 1.00 bits per heavy atom. The third kappa shape index (κ3) is 10.8. The van der Waals surface area contributed by atoms with Crippen LogP contribution in [0.15, 0.2) is 0 Å². The molecule has 2 N–H and O–H groups in total. The van der Waals surface area contributed by atoms with E-state index in [2.05, 4.69) is 13.8 Å². The summed E-state index contributed by atoms with van der Waals surface area (Å²) in [5.41, 5.74) is 0. The molecule has 5 heteroatoms. The summed E-state index contributed by atoms with van der Waals surface area (Å²) in [6, 6.07) is 0. The van der Waals surface area contributed by atoms with Gasteiger partial charge in [0.25, 0.3) is 0 Å². The summed E-state index contributed by atoms with van der Waals surface area (Å²) in [5.74, 6) is 0. The van der Waals surface area contributed by atoms with Gasteiger partial charge in [0.2, 0.25) is 0 Å². The summed E-state index contributed by atoms with van der Waals surface area (Å²) >= 11 is 0. The summed E-state index contributed by atoms with van der Waals surface area (Å²) in [7, 11) is 0. The molecule has 0 amide bonds. The normalized spacial score (nSPS) is 15.6. The number of carbonyl (C=O) groups excluding carboxylic acids is 1. The molecular weight excluding hydrogens is 272 g/mol. The van der Waals surface area contributed by atoms with Crippen LogP contribution in [0.4, 0.5) is 0 Å². The van der Waals surface area contributed by atoms with Gasteiger partial charge >= 0.3 is 0 Å². The van der Waals surface area contributed by atoms with E-state index in [1.165, 1.54) is 0 Å². The first-order valence-corrected chi connectivity index (χ1v) is 8.16. The molecule has 3 atom stereocenters. The smallest absolute Gasteiger partial charge is 0.122 e. The van der Waals surface area contributed by atoms with E-state index in [1.54, 1.807) is 0 Å². The lowest BCUT2D eigenvalue weighted by Crippen LogP contribution is -2.42. The summed E-state index contributed by atoms with van der Waals surface area (Å²) in [6.07, 6.45) is 4.19. The average molecular weight is 304 g/mol. The third-order valence-electron chi connectivity index (χ3n) is 3.36. The van der Waals surface area contributed by atoms with E-state index in [1.807, 2.05) is 0 Å². The molecule has 0 aromatic heterocycles. The van der Waals surface area contributed by atoms with Gasteiger partial charge in [-0.15, -0.1) is 0 Å². The van der Waals surface area contributed by atoms with Crippen LogP contribution in [0.3, 0.4) is 0 Å². The molecule has 5 nitrogen and oxygen atoms in total. The van der Waals surface area contributed by atoms with Gasteiger partial charge in [0, 0.05) is 19.6 Å². The van der Waals surface area contributed by atoms with E-state index in [9.17, 15) is 15.0 Å². The number of aliphatic hydroxyl groups is 2. The van der Waals surface area contributed by atoms with Gasteiger partial charge in [-0.2, -0.15) is 0 Å². The molecular formula is C16H32O5. The molecule has 0 fully saturated rings. The highest BCUT2D eigenvalue weighted by Crippen LogP contribution is 2.10. The highest BCUT2D eigenvalue weighted by Gasteiger charge is 2.26. The van der Waals surface area contributed by atoms with Crippen molar-refractivity contribution in [1.82, 2.24) is 0 Å². The molecule has 0 spiro atoms. The molecule has 0 aliphatic carbocycles. The van der Waals surface area contributed by atoms with Crippen LogP contribution in [0, 0.1) is 0 Å². The number of aliphatic hydroxyl groups excluding tert-OH is 2. The quantitative estimate of drug-likeness (QED) is 0.358. The molecule has 0 aliphatic heterocycles. The van der Waals surface area contributed by atoms with Crippen molar-refractivity contribution in [2.24, 2.45) is 0 Å². The first kappa shape index (κ1) is 20.5. The van der Waals surface area contributed by atoms with Crippen LogP contribution in [-0.2, 0) is 14.3 Å². The molecule has 0 unspecified atom stereocenters. The Kier molecular flexibility index (Phi) is 14.1. The monoisotopic (exact) mass is 304 g/mol. The number of carbonyl (C=O) groups is 1. The fourth-order valence-electron chi connectivity index (χ4n) is 1.99. The standard InChI is InChI=1S/C16H32O5/c1-3-5-7-11-20-13-14(18)16(19)15(9-10-17)21-12-8-6-4-2/h10,14-16,18-19H,3-9,11-13H2,1-2H3/t14-,15-,16-/m1/s1. The molecule has 0 aliphatic rings. The van der Waals surface area contributed by atoms with Crippen LogP contribution in [0.5, 0.6) is 0 Å². The molecule has 126 valence electrons. The number of hydrogen-bond donors (Lipinski definition) is 2. The van der Waals surface area contributed by atoms with E-state index in [0.717, 1.165) is 38.5 Å². The molecule has 0 heterocycles. The van der Waals surface area contributed by atoms with Crippen molar-refractivity contribution in [3.63, 3.8) is 0 Å². The lowest BCUT2D eigenvalue weighted by atomic mass is 10.1. The lowest BCUT2D eigenvalue weighted by Gasteiger charge is -2.25. The molecule has 0 saturated carbocycles. The predicted octanol–water partition coefficient (Wildman–Crippen LogP) is 2.08. The highest BCUT2D eigenvalue weighted by molar-refractivity contribution is 5.50. The molecule has 0 saturated heterocycles. The second kappa shape index (κ2) is 14.4. The van der Waals surface area contributed by atoms with Crippen molar-refractivity contribution < 1.29 is 24.5 Å². The van der Waals surface area contributed by atoms with Crippen molar-refractivity contribution in [3.8, 4) is 0 Å². The summed E-state index contributed by atoms with van der Waals surface area (Å²) < 4.78 is 10.9. The van der Waals surface area contributed by atoms with E-state index in [0.29, 0.717) is 19.5 Å². The van der Waals surface area contributed by atoms with Gasteiger partial charge in [-0.25, -0.2) is 0 Å². The van der Waals surface area contributed by atoms with Crippen molar-refractivity contribution in [2.45, 2.75) is 77.1 Å². The van der Waals surface area contributed by atoms with Crippen LogP contribution < -0.4 is 0 Å². The van der Waals surface area contributed by atoms with Gasteiger partial charge in [0.1, 0.15) is 18.5 Å². The second-order valence-corrected chi connectivity index (χ2v) is 5.36. The molecule has 0 bridgehead atoms. The van der Waals surface area contributed by atoms with Crippen LogP contribution in [0.2, 0.25) is 0 Å². The summed E-state index contributed by atoms with van der Waals surface area (Å²) in [4.78, 5) is 10.7. The van der Waals surface area contributed by atoms with Gasteiger partial charge in [0.05, 0.1) is 12.7 Å². The number of hydrogen-bond acceptors (Lipinski definition) is 5. The molecule has 0 aromatic rings. The van der Waals surface area contributed by atoms with E-state index in [4.69, 9.17) is 9.47 Å². The van der Waals surface area contributed by atoms with Gasteiger partial charge in [0.15, 0.2) is 0 Å². The maximum Gasteiger partial charge on any atom is 0.122 e. The first-order valence-electron chi connectivity index (χ1n) is 8.16. The van der Waals surface area contributed by atoms with E-state index in [-0.39, 0.29) is 13.0 Å². The zero-order chi connectivity index (χ0) is 15.9. The van der Waals surface area contributed by atoms with Gasteiger partial charge in [-0.1, -0.05) is 39.5 Å². The lowest BCUT2D eigenvalue weighted by molar-refractivity contribution is -0.125. The van der Waals surface area contributed by atoms with Crippen molar-refractivity contribution in [1.29, 1.82) is 0 Å². The molecule has 0 aromatic carbocycles. The Labute approximate surface area is 128 Å². The Morgan fingerprint density at radius 3 is 2.19 bits per heavy atom. The van der Waals surface area contributed by atoms with Gasteiger partial charge in [-0.3, -0.25) is 0 Å². The molecule has 0 rings (SSSR count). The van der Waals surface area contributed by atoms with Crippen LogP contribution >= 0.6 is 0 Å². The van der Waals surface area contributed by atoms with Crippen molar-refractivity contribution in [2.75, 3.05) is 19.8 Å². The SMILES string of the molecule is CCCCCOC[C@@H](O)[C@@H](O)[C@@H](CC=O)OCCCCC. The van der Waals surface area contributed by atoms with Crippen LogP contribution in [-0.4, -0.2) is 54.6 Å². The fourth-order valence-corrected chi connectivity index (χ4v) is 1.99. The van der Waals surface area contributed by atoms with Gasteiger partial charge in [-0.05, 0) is 12.8 Å². The summed E-state index contributed by atoms with van der Waals surface area (Å²) in [6.45, 7) is 5.34. The Balaban J connectivity index is 3.99. The fraction of sp³-hybridized carbons (Fsp3) is 0.938. The first-order chi connectivity index (χ1) is 10.2. The average Bonchev–Trinajstić information content (AvgIpc) is 2.49. The Bertz CT molecular complexity index is 235. The molecule has 21 heavy (non-hydrogen) atoms. The predicted molar refractivity (Wildman–Crippen MR) is 82.3 cm³/mol. The van der Waals surface area contributed by atoms with E-state index < -0.39 is 18.3 Å². The minimum Gasteiger partial charge on any atom is -0.388 e. The highest BCUT2D eigenvalue weighted by atomic mass is 16.5. The minimum absolute atomic E-state index is 0.0680. The Morgan fingerprint density at radius 2 is 1.62 bits per heavy atom. The number of rotatable bonds is 15. The van der Waals surface area contributed by atoms with Crippen LogP contribution in [0.25, 0.3) is 0 Å². The van der Waals surface area contributed by atoms with E-state index >= 15 is 0 Å². The van der Waals surface area contributed by atoms with Crippen molar-refractivity contribution >= 4 is 6.29 Å². The zero-order valence-electron chi connectivity index (χ0n) is 13.5. The zero-order valence-corrected chi connectivity index (χ0v) is 13.5. The molecule has 0 radical (unpaired) electrons. The number of ether oxygens (including phenoxy) is 2. The van der Waals surface area contributed by atoms with Crippen LogP contribution in [0.1, 0.15) is 58.8 Å². The minimum atomic E-state index is -1.09. The third-order valence-corrected chi connectivity index (χ3v) is 3.36. The Hall–Kier alpha value is -0.490. The number of unbranched alkanes of at least 4 members (excludes halogenated alkanes) is 4. The maximum absolute atomic E-state index is 10.7. The summed E-state index contributed by atoms with van der Waals surface area (Å²) in [5, 5.41) is 20.0. The number of aldehydes is 1. The largest absolute Gasteiger partial charge is 0.388 e. The second-order valence-electron chi connectivity index (χ2n) is 5.36.